The molecule has 0 atom stereocenters. The maximum Gasteiger partial charge on any atom is 0.234 e. The summed E-state index contributed by atoms with van der Waals surface area (Å²) < 4.78 is 1.89. The topological polar surface area (TPSA) is 43.1 Å². The van der Waals surface area contributed by atoms with Crippen LogP contribution >= 0.6 is 11.3 Å². The van der Waals surface area contributed by atoms with Crippen LogP contribution in [-0.2, 0) is 10.8 Å². The quantitative estimate of drug-likeness (QED) is 0.603. The number of hydrogen-bond donors (Lipinski definition) is 0. The zero-order valence-corrected chi connectivity index (χ0v) is 17.3. The van der Waals surface area contributed by atoms with Crippen LogP contribution in [0.4, 0.5) is 0 Å². The van der Waals surface area contributed by atoms with Crippen molar-refractivity contribution in [1.82, 2.24) is 19.8 Å². The van der Waals surface area contributed by atoms with E-state index in [0.29, 0.717) is 5.92 Å². The number of benzene rings is 1. The first kappa shape index (κ1) is 18.1. The second kappa shape index (κ2) is 5.90. The molecule has 3 rings (SSSR count). The Morgan fingerprint density at radius 3 is 1.92 bits per heavy atom. The average molecular weight is 357 g/mol. The van der Waals surface area contributed by atoms with Crippen molar-refractivity contribution in [3.8, 4) is 10.6 Å². The molecule has 0 saturated carbocycles. The third-order valence-corrected chi connectivity index (χ3v) is 5.39. The van der Waals surface area contributed by atoms with Crippen molar-refractivity contribution in [2.75, 3.05) is 0 Å². The fraction of sp³-hybridized carbons (Fsp3) is 0.550. The number of rotatable bonds is 2. The molecular formula is C20H28N4S. The van der Waals surface area contributed by atoms with Crippen LogP contribution in [-0.4, -0.2) is 19.8 Å². The Hall–Kier alpha value is -1.75. The highest BCUT2D eigenvalue weighted by Crippen LogP contribution is 2.35. The Morgan fingerprint density at radius 2 is 1.44 bits per heavy atom. The molecule has 2 aromatic heterocycles. The third-order valence-electron chi connectivity index (χ3n) is 4.44. The Balaban J connectivity index is 2.19. The minimum absolute atomic E-state index is 0.0953. The summed E-state index contributed by atoms with van der Waals surface area (Å²) >= 11 is 1.61. The summed E-state index contributed by atoms with van der Waals surface area (Å²) in [5, 5.41) is 14.4. The molecule has 0 unspecified atom stereocenters. The third kappa shape index (κ3) is 3.47. The van der Waals surface area contributed by atoms with E-state index in [9.17, 15) is 0 Å². The summed E-state index contributed by atoms with van der Waals surface area (Å²) in [6.45, 7) is 17.8. The standard InChI is InChI=1S/C20H28N4S/c1-12(2)16-21-22-18-24(16)23-17(25-18)13-9-14(19(3,4)5)11-15(10-13)20(6,7)8/h9-12H,1-8H3. The van der Waals surface area contributed by atoms with Crippen LogP contribution in [0.3, 0.4) is 0 Å². The van der Waals surface area contributed by atoms with Gasteiger partial charge in [-0.15, -0.1) is 10.2 Å². The Bertz CT molecular complexity index is 872. The number of nitrogens with zero attached hydrogens (tertiary/aromatic N) is 4. The first-order chi connectivity index (χ1) is 11.5. The van der Waals surface area contributed by atoms with E-state index in [1.165, 1.54) is 16.7 Å². The molecule has 1 aromatic carbocycles. The lowest BCUT2D eigenvalue weighted by Gasteiger charge is -2.25. The van der Waals surface area contributed by atoms with Crippen LogP contribution < -0.4 is 0 Å². The monoisotopic (exact) mass is 356 g/mol. The molecule has 0 N–H and O–H groups in total. The molecule has 0 aliphatic heterocycles. The summed E-state index contributed by atoms with van der Waals surface area (Å²) in [7, 11) is 0. The van der Waals surface area contributed by atoms with Gasteiger partial charge >= 0.3 is 0 Å². The van der Waals surface area contributed by atoms with Crippen LogP contribution in [0.5, 0.6) is 0 Å². The second-order valence-corrected chi connectivity index (χ2v) is 10.1. The summed E-state index contributed by atoms with van der Waals surface area (Å²) in [6.07, 6.45) is 0. The van der Waals surface area contributed by atoms with E-state index in [0.717, 1.165) is 15.8 Å². The van der Waals surface area contributed by atoms with Crippen molar-refractivity contribution in [1.29, 1.82) is 0 Å². The van der Waals surface area contributed by atoms with E-state index in [-0.39, 0.29) is 10.8 Å². The maximum atomic E-state index is 4.82. The molecule has 0 fully saturated rings. The molecular weight excluding hydrogens is 328 g/mol. The lowest BCUT2D eigenvalue weighted by molar-refractivity contribution is 0.569. The molecule has 0 bridgehead atoms. The van der Waals surface area contributed by atoms with Crippen molar-refractivity contribution < 1.29 is 0 Å². The largest absolute Gasteiger partial charge is 0.234 e. The van der Waals surface area contributed by atoms with Crippen LogP contribution in [0, 0.1) is 0 Å². The van der Waals surface area contributed by atoms with Crippen LogP contribution in [0.15, 0.2) is 18.2 Å². The highest BCUT2D eigenvalue weighted by Gasteiger charge is 2.22. The molecule has 0 aliphatic rings. The second-order valence-electron chi connectivity index (χ2n) is 9.11. The minimum Gasteiger partial charge on any atom is -0.187 e. The molecule has 0 saturated heterocycles. The molecule has 25 heavy (non-hydrogen) atoms. The first-order valence-electron chi connectivity index (χ1n) is 8.85. The summed E-state index contributed by atoms with van der Waals surface area (Å²) in [5.41, 5.74) is 4.04. The lowest BCUT2D eigenvalue weighted by atomic mass is 9.79. The fourth-order valence-electron chi connectivity index (χ4n) is 2.73. The normalized spacial score (nSPS) is 13.2. The Labute approximate surface area is 154 Å². The van der Waals surface area contributed by atoms with Gasteiger partial charge in [0, 0.05) is 11.5 Å². The maximum absolute atomic E-state index is 4.82. The van der Waals surface area contributed by atoms with Gasteiger partial charge in [-0.25, -0.2) is 0 Å². The van der Waals surface area contributed by atoms with Crippen molar-refractivity contribution in [2.24, 2.45) is 0 Å². The summed E-state index contributed by atoms with van der Waals surface area (Å²) in [5.74, 6) is 1.22. The van der Waals surface area contributed by atoms with Gasteiger partial charge in [-0.3, -0.25) is 0 Å². The van der Waals surface area contributed by atoms with Crippen molar-refractivity contribution in [3.05, 3.63) is 35.2 Å². The SMILES string of the molecule is CC(C)c1nnc2sc(-c3cc(C(C)(C)C)cc(C(C)(C)C)c3)nn12. The molecule has 0 amide bonds. The summed E-state index contributed by atoms with van der Waals surface area (Å²) in [4.78, 5) is 0.858. The van der Waals surface area contributed by atoms with Gasteiger partial charge in [-0.1, -0.05) is 72.8 Å². The van der Waals surface area contributed by atoms with Gasteiger partial charge in [0.15, 0.2) is 5.82 Å². The van der Waals surface area contributed by atoms with Gasteiger partial charge < -0.3 is 0 Å². The Kier molecular flexibility index (Phi) is 4.26. The van der Waals surface area contributed by atoms with E-state index in [1.807, 2.05) is 4.52 Å². The van der Waals surface area contributed by atoms with Crippen molar-refractivity contribution >= 4 is 16.3 Å². The van der Waals surface area contributed by atoms with Crippen molar-refractivity contribution in [2.45, 2.75) is 72.1 Å². The minimum atomic E-state index is 0.0953. The number of hydrogen-bond acceptors (Lipinski definition) is 4. The van der Waals surface area contributed by atoms with Gasteiger partial charge in [-0.05, 0) is 34.1 Å². The molecule has 134 valence electrons. The summed E-state index contributed by atoms with van der Waals surface area (Å²) in [6, 6.07) is 6.88. The Morgan fingerprint density at radius 1 is 0.880 bits per heavy atom. The smallest absolute Gasteiger partial charge is 0.187 e. The number of aromatic nitrogens is 4. The van der Waals surface area contributed by atoms with Gasteiger partial charge in [0.05, 0.1) is 0 Å². The number of fused-ring (bicyclic) bond motifs is 1. The van der Waals surface area contributed by atoms with Gasteiger partial charge in [0.25, 0.3) is 0 Å². The van der Waals surface area contributed by atoms with E-state index in [1.54, 1.807) is 11.3 Å². The zero-order chi connectivity index (χ0) is 18.6. The molecule has 0 radical (unpaired) electrons. The molecule has 0 spiro atoms. The molecule has 4 nitrogen and oxygen atoms in total. The highest BCUT2D eigenvalue weighted by atomic mass is 32.1. The van der Waals surface area contributed by atoms with Crippen LogP contribution in [0.1, 0.15) is 78.3 Å². The predicted molar refractivity (Wildman–Crippen MR) is 106 cm³/mol. The zero-order valence-electron chi connectivity index (χ0n) is 16.5. The van der Waals surface area contributed by atoms with Crippen LogP contribution in [0.2, 0.25) is 0 Å². The van der Waals surface area contributed by atoms with Gasteiger partial charge in [0.2, 0.25) is 4.96 Å². The van der Waals surface area contributed by atoms with E-state index in [4.69, 9.17) is 5.10 Å². The lowest BCUT2D eigenvalue weighted by Crippen LogP contribution is -2.16. The average Bonchev–Trinajstić information content (AvgIpc) is 3.04. The van der Waals surface area contributed by atoms with E-state index >= 15 is 0 Å². The molecule has 0 aliphatic carbocycles. The van der Waals surface area contributed by atoms with Gasteiger partial charge in [0.1, 0.15) is 5.01 Å². The van der Waals surface area contributed by atoms with E-state index in [2.05, 4.69) is 83.8 Å². The van der Waals surface area contributed by atoms with Crippen LogP contribution in [0.25, 0.3) is 15.5 Å². The molecule has 5 heteroatoms. The van der Waals surface area contributed by atoms with Gasteiger partial charge in [-0.2, -0.15) is 9.61 Å². The fourth-order valence-corrected chi connectivity index (χ4v) is 3.56. The predicted octanol–water partition coefficient (Wildman–Crippen LogP) is 5.57. The molecule has 3 aromatic rings. The molecule has 2 heterocycles. The van der Waals surface area contributed by atoms with E-state index < -0.39 is 0 Å². The highest BCUT2D eigenvalue weighted by molar-refractivity contribution is 7.19. The van der Waals surface area contributed by atoms with Crippen molar-refractivity contribution in [3.63, 3.8) is 0 Å². The first-order valence-corrected chi connectivity index (χ1v) is 9.67.